The maximum atomic E-state index is 9.62. The van der Waals surface area contributed by atoms with Gasteiger partial charge in [-0.25, -0.2) is 4.98 Å². The molecule has 0 bridgehead atoms. The number of ether oxygens (including phenoxy) is 1. The molecule has 22 heavy (non-hydrogen) atoms. The number of pyridine rings is 1. The van der Waals surface area contributed by atoms with Crippen molar-refractivity contribution in [1.82, 2.24) is 15.1 Å². The lowest BCUT2D eigenvalue weighted by Crippen LogP contribution is -2.12. The minimum atomic E-state index is -0.551. The summed E-state index contributed by atoms with van der Waals surface area (Å²) in [5.41, 5.74) is 0.548. The molecular weight excluding hydrogens is 282 g/mol. The van der Waals surface area contributed by atoms with Crippen molar-refractivity contribution >= 4 is 10.8 Å². The van der Waals surface area contributed by atoms with Crippen LogP contribution in [0.25, 0.3) is 22.4 Å². The average Bonchev–Trinajstić information content (AvgIpc) is 3.02. The highest BCUT2D eigenvalue weighted by atomic mass is 16.5. The van der Waals surface area contributed by atoms with Gasteiger partial charge in [0, 0.05) is 11.3 Å². The monoisotopic (exact) mass is 299 g/mol. The number of nitrogens with zero attached hydrogens (tertiary/aromatic N) is 3. The molecule has 6 nitrogen and oxygen atoms in total. The van der Waals surface area contributed by atoms with Gasteiger partial charge < -0.3 is 14.4 Å². The summed E-state index contributed by atoms with van der Waals surface area (Å²) >= 11 is 0. The first-order valence-corrected chi connectivity index (χ1v) is 7.06. The molecule has 1 aromatic carbocycles. The van der Waals surface area contributed by atoms with Crippen molar-refractivity contribution in [2.75, 3.05) is 7.11 Å². The first kappa shape index (κ1) is 14.5. The van der Waals surface area contributed by atoms with Gasteiger partial charge in [-0.1, -0.05) is 30.3 Å². The van der Waals surface area contributed by atoms with Crippen LogP contribution in [0.15, 0.2) is 34.9 Å². The Kier molecular flexibility index (Phi) is 3.77. The Labute approximate surface area is 127 Å². The summed E-state index contributed by atoms with van der Waals surface area (Å²) in [4.78, 5) is 8.75. The van der Waals surface area contributed by atoms with Gasteiger partial charge in [-0.3, -0.25) is 0 Å². The lowest BCUT2D eigenvalue weighted by molar-refractivity contribution is 0.164. The number of methoxy groups -OCH3 is 1. The predicted octanol–water partition coefficient (Wildman–Crippen LogP) is 2.78. The van der Waals surface area contributed by atoms with E-state index in [1.807, 2.05) is 37.3 Å². The first-order chi connectivity index (χ1) is 10.6. The number of rotatable bonds is 4. The summed E-state index contributed by atoms with van der Waals surface area (Å²) in [6, 6.07) is 9.67. The Hall–Kier alpha value is -2.47. The van der Waals surface area contributed by atoms with Crippen LogP contribution in [-0.4, -0.2) is 33.4 Å². The molecule has 0 saturated carbocycles. The molecule has 0 aliphatic rings. The van der Waals surface area contributed by atoms with Crippen LogP contribution in [0.4, 0.5) is 0 Å². The summed E-state index contributed by atoms with van der Waals surface area (Å²) in [6.07, 6.45) is -0.551. The van der Waals surface area contributed by atoms with Crippen molar-refractivity contribution in [3.63, 3.8) is 0 Å². The third-order valence-corrected chi connectivity index (χ3v) is 3.69. The van der Waals surface area contributed by atoms with E-state index in [4.69, 9.17) is 9.26 Å². The second-order valence-electron chi connectivity index (χ2n) is 5.22. The zero-order valence-corrected chi connectivity index (χ0v) is 12.6. The van der Waals surface area contributed by atoms with Gasteiger partial charge in [-0.2, -0.15) is 4.98 Å². The number of hydrogen-bond acceptors (Lipinski definition) is 6. The summed E-state index contributed by atoms with van der Waals surface area (Å²) in [7, 11) is 1.58. The van der Waals surface area contributed by atoms with E-state index < -0.39 is 6.10 Å². The van der Waals surface area contributed by atoms with E-state index in [0.717, 1.165) is 10.8 Å². The number of fused-ring (bicyclic) bond motifs is 1. The van der Waals surface area contributed by atoms with Crippen molar-refractivity contribution in [1.29, 1.82) is 0 Å². The minimum absolute atomic E-state index is 0.208. The highest BCUT2D eigenvalue weighted by Crippen LogP contribution is 2.29. The largest absolute Gasteiger partial charge is 0.481 e. The number of aliphatic hydroxyl groups is 1. The molecule has 2 heterocycles. The standard InChI is InChI=1S/C16H17N3O3/c1-9(10(2)20)14-18-16(22-19-14)13-8-11-6-4-5-7-12(11)15(17-13)21-3/h4-10,20H,1-3H3. The lowest BCUT2D eigenvalue weighted by Gasteiger charge is -2.08. The maximum absolute atomic E-state index is 9.62. The first-order valence-electron chi connectivity index (χ1n) is 7.06. The molecule has 1 N–H and O–H groups in total. The van der Waals surface area contributed by atoms with Gasteiger partial charge in [0.1, 0.15) is 5.69 Å². The summed E-state index contributed by atoms with van der Waals surface area (Å²) in [5, 5.41) is 15.4. The predicted molar refractivity (Wildman–Crippen MR) is 81.7 cm³/mol. The molecule has 114 valence electrons. The third kappa shape index (κ3) is 2.53. The molecule has 2 unspecified atom stereocenters. The van der Waals surface area contributed by atoms with Crippen molar-refractivity contribution in [2.24, 2.45) is 0 Å². The van der Waals surface area contributed by atoms with Crippen LogP contribution in [0.5, 0.6) is 5.88 Å². The molecule has 0 spiro atoms. The normalized spacial score (nSPS) is 14.0. The molecule has 2 aromatic heterocycles. The summed E-state index contributed by atoms with van der Waals surface area (Å²) < 4.78 is 10.6. The van der Waals surface area contributed by atoms with E-state index >= 15 is 0 Å². The maximum Gasteiger partial charge on any atom is 0.276 e. The number of hydrogen-bond donors (Lipinski definition) is 1. The van der Waals surface area contributed by atoms with Crippen LogP contribution in [-0.2, 0) is 0 Å². The third-order valence-electron chi connectivity index (χ3n) is 3.69. The molecule has 6 heteroatoms. The van der Waals surface area contributed by atoms with Crippen molar-refractivity contribution < 1.29 is 14.4 Å². The smallest absolute Gasteiger partial charge is 0.276 e. The fourth-order valence-electron chi connectivity index (χ4n) is 2.17. The van der Waals surface area contributed by atoms with Gasteiger partial charge in [0.2, 0.25) is 5.88 Å². The van der Waals surface area contributed by atoms with E-state index in [9.17, 15) is 5.11 Å². The quantitative estimate of drug-likeness (QED) is 0.797. The molecule has 0 aliphatic heterocycles. The average molecular weight is 299 g/mol. The highest BCUT2D eigenvalue weighted by molar-refractivity contribution is 5.89. The Bertz CT molecular complexity index is 798. The molecule has 0 amide bonds. The van der Waals surface area contributed by atoms with Crippen molar-refractivity contribution in [3.05, 3.63) is 36.2 Å². The van der Waals surface area contributed by atoms with E-state index in [1.54, 1.807) is 14.0 Å². The molecule has 0 fully saturated rings. The Morgan fingerprint density at radius 2 is 1.95 bits per heavy atom. The molecule has 0 radical (unpaired) electrons. The van der Waals surface area contributed by atoms with Crippen LogP contribution in [0.1, 0.15) is 25.6 Å². The minimum Gasteiger partial charge on any atom is -0.481 e. The zero-order chi connectivity index (χ0) is 15.7. The molecule has 2 atom stereocenters. The Morgan fingerprint density at radius 1 is 1.18 bits per heavy atom. The van der Waals surface area contributed by atoms with Gasteiger partial charge in [0.05, 0.1) is 13.2 Å². The van der Waals surface area contributed by atoms with Crippen LogP contribution >= 0.6 is 0 Å². The zero-order valence-electron chi connectivity index (χ0n) is 12.6. The van der Waals surface area contributed by atoms with E-state index in [2.05, 4.69) is 15.1 Å². The van der Waals surface area contributed by atoms with Crippen molar-refractivity contribution in [2.45, 2.75) is 25.9 Å². The second-order valence-corrected chi connectivity index (χ2v) is 5.22. The Balaban J connectivity index is 2.07. The summed E-state index contributed by atoms with van der Waals surface area (Å²) in [6.45, 7) is 3.53. The summed E-state index contributed by atoms with van der Waals surface area (Å²) in [5.74, 6) is 1.07. The topological polar surface area (TPSA) is 81.3 Å². The molecule has 3 aromatic rings. The highest BCUT2D eigenvalue weighted by Gasteiger charge is 2.20. The number of benzene rings is 1. The molecule has 3 rings (SSSR count). The van der Waals surface area contributed by atoms with Crippen LogP contribution < -0.4 is 4.74 Å². The fourth-order valence-corrected chi connectivity index (χ4v) is 2.17. The number of aromatic nitrogens is 3. The second kappa shape index (κ2) is 5.73. The lowest BCUT2D eigenvalue weighted by atomic mass is 10.1. The van der Waals surface area contributed by atoms with Gasteiger partial charge in [0.25, 0.3) is 5.89 Å². The van der Waals surface area contributed by atoms with Gasteiger partial charge in [-0.15, -0.1) is 0 Å². The van der Waals surface area contributed by atoms with Gasteiger partial charge >= 0.3 is 0 Å². The Morgan fingerprint density at radius 3 is 2.68 bits per heavy atom. The van der Waals surface area contributed by atoms with Crippen molar-refractivity contribution in [3.8, 4) is 17.5 Å². The van der Waals surface area contributed by atoms with Gasteiger partial charge in [0.15, 0.2) is 5.82 Å². The van der Waals surface area contributed by atoms with E-state index in [1.165, 1.54) is 0 Å². The fraction of sp³-hybridized carbons (Fsp3) is 0.312. The van der Waals surface area contributed by atoms with Crippen LogP contribution in [0.3, 0.4) is 0 Å². The SMILES string of the molecule is COc1nc(-c2nc(C(C)C(C)O)no2)cc2ccccc12. The van der Waals surface area contributed by atoms with Gasteiger partial charge in [-0.05, 0) is 24.4 Å². The van der Waals surface area contributed by atoms with E-state index in [-0.39, 0.29) is 5.92 Å². The number of aliphatic hydroxyl groups excluding tert-OH is 1. The van der Waals surface area contributed by atoms with Crippen LogP contribution in [0, 0.1) is 0 Å². The van der Waals surface area contributed by atoms with E-state index in [0.29, 0.717) is 23.3 Å². The molecule has 0 aliphatic carbocycles. The molecule has 0 saturated heterocycles. The van der Waals surface area contributed by atoms with Crippen LogP contribution in [0.2, 0.25) is 0 Å². The molecular formula is C16H17N3O3.